The summed E-state index contributed by atoms with van der Waals surface area (Å²) in [6, 6.07) is 7.33. The van der Waals surface area contributed by atoms with Gasteiger partial charge in [-0.25, -0.2) is 0 Å². The van der Waals surface area contributed by atoms with Gasteiger partial charge in [0.15, 0.2) is 0 Å². The van der Waals surface area contributed by atoms with Crippen LogP contribution in [0.2, 0.25) is 0 Å². The smallest absolute Gasteiger partial charge is 0.0409 e. The monoisotopic (exact) mass is 283 g/mol. The molecule has 0 spiro atoms. The van der Waals surface area contributed by atoms with Crippen molar-refractivity contribution in [2.45, 2.75) is 45.5 Å². The van der Waals surface area contributed by atoms with E-state index in [9.17, 15) is 0 Å². The van der Waals surface area contributed by atoms with Gasteiger partial charge in [-0.2, -0.15) is 0 Å². The van der Waals surface area contributed by atoms with Crippen LogP contribution in [0.4, 0.5) is 5.69 Å². The molecule has 1 rings (SSSR count). The highest BCUT2D eigenvalue weighted by atomic mass is 79.9. The second kappa shape index (κ2) is 6.29. The van der Waals surface area contributed by atoms with Crippen LogP contribution in [0.25, 0.3) is 0 Å². The molecule has 1 aromatic rings. The molecule has 2 heteroatoms. The highest BCUT2D eigenvalue weighted by Gasteiger charge is 2.14. The minimum atomic E-state index is 0.602. The Balaban J connectivity index is 3.08. The third kappa shape index (κ3) is 3.00. The summed E-state index contributed by atoms with van der Waals surface area (Å²) in [5.41, 5.74) is 4.10. The summed E-state index contributed by atoms with van der Waals surface area (Å²) in [7, 11) is 0. The van der Waals surface area contributed by atoms with E-state index in [1.165, 1.54) is 23.2 Å². The standard InChI is InChI=1S/C14H22BrN/c1-5-12(4)16(6-2)14-8-7-11(3)9-13(14)10-15/h7-9,12H,5-6,10H2,1-4H3. The molecule has 0 aliphatic rings. The molecule has 0 bridgehead atoms. The van der Waals surface area contributed by atoms with E-state index < -0.39 is 0 Å². The van der Waals surface area contributed by atoms with E-state index in [0.717, 1.165) is 11.9 Å². The molecule has 90 valence electrons. The van der Waals surface area contributed by atoms with Gasteiger partial charge in [0.25, 0.3) is 0 Å². The van der Waals surface area contributed by atoms with Crippen LogP contribution in [0, 0.1) is 6.92 Å². The summed E-state index contributed by atoms with van der Waals surface area (Å²) in [5, 5.41) is 0.928. The molecule has 16 heavy (non-hydrogen) atoms. The predicted molar refractivity (Wildman–Crippen MR) is 76.6 cm³/mol. The van der Waals surface area contributed by atoms with E-state index in [1.807, 2.05) is 0 Å². The Bertz CT molecular complexity index is 336. The third-order valence-electron chi connectivity index (χ3n) is 3.15. The van der Waals surface area contributed by atoms with E-state index in [0.29, 0.717) is 6.04 Å². The summed E-state index contributed by atoms with van der Waals surface area (Å²) >= 11 is 3.58. The van der Waals surface area contributed by atoms with Crippen molar-refractivity contribution < 1.29 is 0 Å². The predicted octanol–water partition coefficient (Wildman–Crippen LogP) is 4.51. The second-order valence-electron chi connectivity index (χ2n) is 4.31. The van der Waals surface area contributed by atoms with E-state index >= 15 is 0 Å². The van der Waals surface area contributed by atoms with Crippen molar-refractivity contribution in [3.8, 4) is 0 Å². The number of aryl methyl sites for hydroxylation is 1. The molecular weight excluding hydrogens is 262 g/mol. The summed E-state index contributed by atoms with van der Waals surface area (Å²) < 4.78 is 0. The normalized spacial score (nSPS) is 12.6. The lowest BCUT2D eigenvalue weighted by Crippen LogP contribution is -2.33. The number of hydrogen-bond acceptors (Lipinski definition) is 1. The first-order valence-corrected chi connectivity index (χ1v) is 7.18. The Morgan fingerprint density at radius 1 is 1.31 bits per heavy atom. The zero-order valence-electron chi connectivity index (χ0n) is 10.8. The molecule has 1 nitrogen and oxygen atoms in total. The lowest BCUT2D eigenvalue weighted by molar-refractivity contribution is 0.628. The molecule has 0 aromatic heterocycles. The average molecular weight is 284 g/mol. The molecule has 1 unspecified atom stereocenters. The van der Waals surface area contributed by atoms with Crippen molar-refractivity contribution in [3.63, 3.8) is 0 Å². The lowest BCUT2D eigenvalue weighted by Gasteiger charge is -2.31. The Hall–Kier alpha value is -0.500. The third-order valence-corrected chi connectivity index (χ3v) is 3.76. The number of rotatable bonds is 5. The van der Waals surface area contributed by atoms with Gasteiger partial charge in [-0.15, -0.1) is 0 Å². The molecular formula is C14H22BrN. The van der Waals surface area contributed by atoms with E-state index in [2.05, 4.69) is 66.7 Å². The SMILES string of the molecule is CCC(C)N(CC)c1ccc(C)cc1CBr. The minimum absolute atomic E-state index is 0.602. The van der Waals surface area contributed by atoms with Gasteiger partial charge in [0.05, 0.1) is 0 Å². The van der Waals surface area contributed by atoms with Crippen LogP contribution < -0.4 is 4.90 Å². The molecule has 0 saturated heterocycles. The second-order valence-corrected chi connectivity index (χ2v) is 4.87. The molecule has 1 aromatic carbocycles. The molecule has 0 aliphatic heterocycles. The fraction of sp³-hybridized carbons (Fsp3) is 0.571. The number of halogens is 1. The zero-order chi connectivity index (χ0) is 12.1. The number of alkyl halides is 1. The van der Waals surface area contributed by atoms with Gasteiger partial charge < -0.3 is 4.90 Å². The first kappa shape index (κ1) is 13.6. The van der Waals surface area contributed by atoms with Gasteiger partial charge in [0.2, 0.25) is 0 Å². The maximum absolute atomic E-state index is 3.58. The topological polar surface area (TPSA) is 3.24 Å². The first-order valence-electron chi connectivity index (χ1n) is 6.06. The summed E-state index contributed by atoms with van der Waals surface area (Å²) in [6.45, 7) is 9.98. The van der Waals surface area contributed by atoms with E-state index in [1.54, 1.807) is 0 Å². The molecule has 0 saturated carbocycles. The van der Waals surface area contributed by atoms with Crippen LogP contribution in [-0.2, 0) is 5.33 Å². The van der Waals surface area contributed by atoms with Gasteiger partial charge in [0.1, 0.15) is 0 Å². The summed E-state index contributed by atoms with van der Waals surface area (Å²) in [4.78, 5) is 2.48. The molecule has 0 amide bonds. The first-order chi connectivity index (χ1) is 7.63. The molecule has 0 fully saturated rings. The quantitative estimate of drug-likeness (QED) is 0.719. The molecule has 0 radical (unpaired) electrons. The maximum atomic E-state index is 3.58. The fourth-order valence-electron chi connectivity index (χ4n) is 2.04. The summed E-state index contributed by atoms with van der Waals surface area (Å²) in [6.07, 6.45) is 1.18. The molecule has 0 heterocycles. The van der Waals surface area contributed by atoms with Crippen molar-refractivity contribution in [2.75, 3.05) is 11.4 Å². The number of benzene rings is 1. The van der Waals surface area contributed by atoms with Gasteiger partial charge in [0, 0.05) is 23.6 Å². The Kier molecular flexibility index (Phi) is 5.33. The molecule has 0 N–H and O–H groups in total. The van der Waals surface area contributed by atoms with Crippen molar-refractivity contribution >= 4 is 21.6 Å². The number of hydrogen-bond donors (Lipinski definition) is 0. The number of nitrogens with zero attached hydrogens (tertiary/aromatic N) is 1. The minimum Gasteiger partial charge on any atom is -0.369 e. The van der Waals surface area contributed by atoms with Crippen LogP contribution in [0.3, 0.4) is 0 Å². The van der Waals surface area contributed by atoms with E-state index in [4.69, 9.17) is 0 Å². The molecule has 1 atom stereocenters. The Morgan fingerprint density at radius 3 is 2.50 bits per heavy atom. The summed E-state index contributed by atoms with van der Waals surface area (Å²) in [5.74, 6) is 0. The van der Waals surface area contributed by atoms with Crippen molar-refractivity contribution in [1.29, 1.82) is 0 Å². The Morgan fingerprint density at radius 2 is 2.00 bits per heavy atom. The van der Waals surface area contributed by atoms with Crippen LogP contribution in [0.1, 0.15) is 38.3 Å². The Labute approximate surface area is 108 Å². The molecule has 0 aliphatic carbocycles. The van der Waals surface area contributed by atoms with Gasteiger partial charge >= 0.3 is 0 Å². The van der Waals surface area contributed by atoms with E-state index in [-0.39, 0.29) is 0 Å². The van der Waals surface area contributed by atoms with Gasteiger partial charge in [-0.1, -0.05) is 40.5 Å². The van der Waals surface area contributed by atoms with Crippen LogP contribution in [-0.4, -0.2) is 12.6 Å². The van der Waals surface area contributed by atoms with Crippen molar-refractivity contribution in [2.24, 2.45) is 0 Å². The fourth-order valence-corrected chi connectivity index (χ4v) is 2.49. The highest BCUT2D eigenvalue weighted by Crippen LogP contribution is 2.26. The highest BCUT2D eigenvalue weighted by molar-refractivity contribution is 9.08. The van der Waals surface area contributed by atoms with Gasteiger partial charge in [-0.05, 0) is 38.8 Å². The maximum Gasteiger partial charge on any atom is 0.0409 e. The zero-order valence-corrected chi connectivity index (χ0v) is 12.3. The van der Waals surface area contributed by atoms with Crippen LogP contribution >= 0.6 is 15.9 Å². The number of anilines is 1. The largest absolute Gasteiger partial charge is 0.369 e. The van der Waals surface area contributed by atoms with Crippen molar-refractivity contribution in [3.05, 3.63) is 29.3 Å². The van der Waals surface area contributed by atoms with Crippen molar-refractivity contribution in [1.82, 2.24) is 0 Å². The lowest BCUT2D eigenvalue weighted by atomic mass is 10.1. The average Bonchev–Trinajstić information content (AvgIpc) is 2.31. The van der Waals surface area contributed by atoms with Crippen LogP contribution in [0.5, 0.6) is 0 Å². The van der Waals surface area contributed by atoms with Crippen LogP contribution in [0.15, 0.2) is 18.2 Å². The van der Waals surface area contributed by atoms with Gasteiger partial charge in [-0.3, -0.25) is 0 Å².